The number of carbonyl (C=O) groups excluding carboxylic acids is 1. The summed E-state index contributed by atoms with van der Waals surface area (Å²) in [5, 5.41) is -0.0400. The first-order chi connectivity index (χ1) is 9.74. The Labute approximate surface area is 123 Å². The topological polar surface area (TPSA) is 39.1 Å². The molecule has 1 aromatic heterocycles. The number of hydrogen-bond donors (Lipinski definition) is 0. The molecule has 3 aromatic rings. The van der Waals surface area contributed by atoms with Crippen molar-refractivity contribution in [2.24, 2.45) is 0 Å². The van der Waals surface area contributed by atoms with E-state index in [4.69, 9.17) is 0 Å². The van der Waals surface area contributed by atoms with E-state index < -0.39 is 0 Å². The fourth-order valence-electron chi connectivity index (χ4n) is 1.95. The van der Waals surface area contributed by atoms with Crippen LogP contribution in [0.3, 0.4) is 0 Å². The quantitative estimate of drug-likeness (QED) is 0.696. The minimum atomic E-state index is -0.0896. The van der Waals surface area contributed by atoms with Gasteiger partial charge in [-0.05, 0) is 24.3 Å². The summed E-state index contributed by atoms with van der Waals surface area (Å²) in [5.41, 5.74) is 0.824. The fraction of sp³-hybridized carbons (Fsp3) is 0.0667. The van der Waals surface area contributed by atoms with Crippen molar-refractivity contribution in [3.63, 3.8) is 0 Å². The zero-order chi connectivity index (χ0) is 13.9. The summed E-state index contributed by atoms with van der Waals surface area (Å²) in [6.45, 7) is 0.0996. The normalized spacial score (nSPS) is 10.8. The summed E-state index contributed by atoms with van der Waals surface area (Å²) in [5.74, 6) is 0. The van der Waals surface area contributed by atoms with Crippen molar-refractivity contribution in [3.8, 4) is 0 Å². The number of thioether (sulfide) groups is 1. The van der Waals surface area contributed by atoms with Crippen molar-refractivity contribution in [2.45, 2.75) is 11.4 Å². The summed E-state index contributed by atoms with van der Waals surface area (Å²) in [6.07, 6.45) is 0. The summed E-state index contributed by atoms with van der Waals surface area (Å²) < 4.78 is 2.45. The van der Waals surface area contributed by atoms with E-state index in [-0.39, 0.29) is 16.5 Å². The monoisotopic (exact) mass is 301 g/mol. The van der Waals surface area contributed by atoms with Crippen LogP contribution in [-0.4, -0.2) is 9.68 Å². The summed E-state index contributed by atoms with van der Waals surface area (Å²) in [7, 11) is 0. The first-order valence-corrected chi connectivity index (χ1v) is 7.71. The average molecular weight is 301 g/mol. The van der Waals surface area contributed by atoms with Crippen LogP contribution in [0.1, 0.15) is 0 Å². The van der Waals surface area contributed by atoms with Crippen LogP contribution in [0.15, 0.2) is 64.3 Å². The third-order valence-electron chi connectivity index (χ3n) is 2.84. The Balaban J connectivity index is 1.85. The number of nitrogens with zero attached hydrogens (tertiary/aromatic N) is 1. The van der Waals surface area contributed by atoms with Gasteiger partial charge in [-0.2, -0.15) is 0 Å². The van der Waals surface area contributed by atoms with Crippen LogP contribution >= 0.6 is 23.1 Å². The van der Waals surface area contributed by atoms with Crippen LogP contribution in [0.5, 0.6) is 0 Å². The highest BCUT2D eigenvalue weighted by molar-refractivity contribution is 8.13. The van der Waals surface area contributed by atoms with E-state index in [9.17, 15) is 9.59 Å². The van der Waals surface area contributed by atoms with Crippen LogP contribution < -0.4 is 4.87 Å². The SMILES string of the molecule is O=C(Cn1c(=O)sc2ccccc21)Sc1ccccc1. The number of rotatable bonds is 3. The van der Waals surface area contributed by atoms with Gasteiger partial charge in [0.05, 0.1) is 16.8 Å². The first kappa shape index (κ1) is 13.1. The van der Waals surface area contributed by atoms with E-state index >= 15 is 0 Å². The van der Waals surface area contributed by atoms with Crippen molar-refractivity contribution < 1.29 is 4.79 Å². The van der Waals surface area contributed by atoms with E-state index in [1.54, 1.807) is 0 Å². The Morgan fingerprint density at radius 2 is 1.75 bits per heavy atom. The molecular weight excluding hydrogens is 290 g/mol. The van der Waals surface area contributed by atoms with E-state index in [1.807, 2.05) is 54.6 Å². The zero-order valence-electron chi connectivity index (χ0n) is 10.5. The van der Waals surface area contributed by atoms with Crippen LogP contribution in [0.25, 0.3) is 10.2 Å². The lowest BCUT2D eigenvalue weighted by Crippen LogP contribution is -2.17. The molecule has 0 saturated heterocycles. The van der Waals surface area contributed by atoms with Gasteiger partial charge in [-0.3, -0.25) is 14.2 Å². The average Bonchev–Trinajstić information content (AvgIpc) is 2.76. The van der Waals surface area contributed by atoms with Crippen molar-refractivity contribution in [1.29, 1.82) is 0 Å². The smallest absolute Gasteiger partial charge is 0.290 e. The number of aromatic nitrogens is 1. The van der Waals surface area contributed by atoms with Crippen molar-refractivity contribution in [2.75, 3.05) is 0 Å². The molecule has 0 spiro atoms. The molecule has 20 heavy (non-hydrogen) atoms. The van der Waals surface area contributed by atoms with Gasteiger partial charge < -0.3 is 0 Å². The molecule has 0 aliphatic heterocycles. The highest BCUT2D eigenvalue weighted by atomic mass is 32.2. The molecule has 0 amide bonds. The largest absolute Gasteiger partial charge is 0.308 e. The second-order valence-corrected chi connectivity index (χ2v) is 6.33. The Morgan fingerprint density at radius 1 is 1.05 bits per heavy atom. The molecule has 0 atom stereocenters. The molecule has 0 bridgehead atoms. The van der Waals surface area contributed by atoms with Gasteiger partial charge in [-0.25, -0.2) is 0 Å². The van der Waals surface area contributed by atoms with Crippen LogP contribution in [0.2, 0.25) is 0 Å². The number of para-hydroxylation sites is 1. The van der Waals surface area contributed by atoms with Gasteiger partial charge in [0.15, 0.2) is 0 Å². The van der Waals surface area contributed by atoms with Gasteiger partial charge in [0, 0.05) is 4.90 Å². The zero-order valence-corrected chi connectivity index (χ0v) is 12.1. The van der Waals surface area contributed by atoms with Crippen molar-refractivity contribution >= 4 is 38.4 Å². The Bertz CT molecular complexity index is 805. The standard InChI is InChI=1S/C15H11NO2S2/c17-14(19-11-6-2-1-3-7-11)10-16-12-8-4-5-9-13(12)20-15(16)18/h1-9H,10H2. The molecule has 100 valence electrons. The third kappa shape index (κ3) is 2.69. The fourth-order valence-corrected chi connectivity index (χ4v) is 3.59. The van der Waals surface area contributed by atoms with E-state index in [1.165, 1.54) is 27.7 Å². The molecule has 0 aliphatic rings. The van der Waals surface area contributed by atoms with Crippen molar-refractivity contribution in [3.05, 3.63) is 64.3 Å². The van der Waals surface area contributed by atoms with Crippen molar-refractivity contribution in [1.82, 2.24) is 4.57 Å². The molecule has 0 fully saturated rings. The van der Waals surface area contributed by atoms with E-state index in [2.05, 4.69) is 0 Å². The van der Waals surface area contributed by atoms with Crippen LogP contribution in [0, 0.1) is 0 Å². The highest BCUT2D eigenvalue weighted by Gasteiger charge is 2.11. The minimum absolute atomic E-state index is 0.0400. The maximum Gasteiger partial charge on any atom is 0.308 e. The lowest BCUT2D eigenvalue weighted by molar-refractivity contribution is -0.111. The van der Waals surface area contributed by atoms with Crippen LogP contribution in [-0.2, 0) is 11.3 Å². The number of carbonyl (C=O) groups is 1. The molecule has 0 unspecified atom stereocenters. The molecule has 1 heterocycles. The molecule has 0 aliphatic carbocycles. The van der Waals surface area contributed by atoms with E-state index in [0.717, 1.165) is 15.1 Å². The molecule has 2 aromatic carbocycles. The Hall–Kier alpha value is -1.85. The van der Waals surface area contributed by atoms with Gasteiger partial charge in [0.25, 0.3) is 0 Å². The highest BCUT2D eigenvalue weighted by Crippen LogP contribution is 2.21. The molecular formula is C15H11NO2S2. The minimum Gasteiger partial charge on any atom is -0.290 e. The van der Waals surface area contributed by atoms with Gasteiger partial charge in [0.2, 0.25) is 5.12 Å². The summed E-state index contributed by atoms with van der Waals surface area (Å²) in [6, 6.07) is 17.0. The Morgan fingerprint density at radius 3 is 2.55 bits per heavy atom. The number of fused-ring (bicyclic) bond motifs is 1. The maximum atomic E-state index is 12.1. The number of thiazole rings is 1. The summed E-state index contributed by atoms with van der Waals surface area (Å²) in [4.78, 5) is 24.8. The van der Waals surface area contributed by atoms with Crippen LogP contribution in [0.4, 0.5) is 0 Å². The Kier molecular flexibility index (Phi) is 3.71. The van der Waals surface area contributed by atoms with Gasteiger partial charge in [-0.15, -0.1) is 0 Å². The maximum absolute atomic E-state index is 12.1. The number of benzene rings is 2. The molecule has 3 nitrogen and oxygen atoms in total. The van der Waals surface area contributed by atoms with E-state index in [0.29, 0.717) is 0 Å². The molecule has 5 heteroatoms. The number of hydrogen-bond acceptors (Lipinski definition) is 4. The lowest BCUT2D eigenvalue weighted by atomic mass is 10.3. The van der Waals surface area contributed by atoms with Gasteiger partial charge in [-0.1, -0.05) is 53.4 Å². The molecule has 3 rings (SSSR count). The lowest BCUT2D eigenvalue weighted by Gasteiger charge is -2.03. The molecule has 0 saturated carbocycles. The van der Waals surface area contributed by atoms with Gasteiger partial charge in [0.1, 0.15) is 0 Å². The second kappa shape index (κ2) is 5.64. The predicted molar refractivity (Wildman–Crippen MR) is 83.4 cm³/mol. The third-order valence-corrected chi connectivity index (χ3v) is 4.66. The molecule has 0 radical (unpaired) electrons. The second-order valence-electron chi connectivity index (χ2n) is 4.21. The van der Waals surface area contributed by atoms with Gasteiger partial charge >= 0.3 is 4.87 Å². The summed E-state index contributed by atoms with van der Waals surface area (Å²) >= 11 is 2.34. The predicted octanol–water partition coefficient (Wildman–Crippen LogP) is 3.38. The molecule has 0 N–H and O–H groups in total. The first-order valence-electron chi connectivity index (χ1n) is 6.08.